The summed E-state index contributed by atoms with van der Waals surface area (Å²) in [6, 6.07) is 9.80. The molecule has 0 aliphatic heterocycles. The molecule has 0 aliphatic carbocycles. The van der Waals surface area contributed by atoms with Gasteiger partial charge in [0, 0.05) is 18.0 Å². The Balaban J connectivity index is 1.60. The van der Waals surface area contributed by atoms with E-state index in [9.17, 15) is 18.0 Å². The van der Waals surface area contributed by atoms with Crippen LogP contribution in [0.2, 0.25) is 5.02 Å². The van der Waals surface area contributed by atoms with Gasteiger partial charge in [0.05, 0.1) is 27.7 Å². The number of benzene rings is 1. The molecule has 1 aromatic carbocycles. The van der Waals surface area contributed by atoms with Gasteiger partial charge in [-0.05, 0) is 42.5 Å². The van der Waals surface area contributed by atoms with E-state index < -0.39 is 17.6 Å². The molecule has 1 N–H and O–H groups in total. The number of amides is 1. The van der Waals surface area contributed by atoms with Gasteiger partial charge in [0.2, 0.25) is 5.91 Å². The van der Waals surface area contributed by atoms with Crippen molar-refractivity contribution >= 4 is 35.0 Å². The lowest BCUT2D eigenvalue weighted by Crippen LogP contribution is -2.15. The molecule has 0 bridgehead atoms. The van der Waals surface area contributed by atoms with Crippen molar-refractivity contribution < 1.29 is 18.0 Å². The number of carbonyl (C=O) groups is 1. The van der Waals surface area contributed by atoms with Crippen LogP contribution in [0.1, 0.15) is 5.56 Å². The fourth-order valence-corrected chi connectivity index (χ4v) is 2.98. The zero-order chi connectivity index (χ0) is 20.1. The number of rotatable bonds is 5. The molecule has 0 atom stereocenters. The van der Waals surface area contributed by atoms with Crippen molar-refractivity contribution in [2.24, 2.45) is 0 Å². The van der Waals surface area contributed by atoms with E-state index in [4.69, 9.17) is 11.6 Å². The summed E-state index contributed by atoms with van der Waals surface area (Å²) >= 11 is 6.97. The molecule has 0 aliphatic rings. The maximum atomic E-state index is 12.8. The van der Waals surface area contributed by atoms with E-state index >= 15 is 0 Å². The first-order valence-electron chi connectivity index (χ1n) is 7.86. The normalized spacial score (nSPS) is 11.3. The first kappa shape index (κ1) is 20.1. The smallest absolute Gasteiger partial charge is 0.324 e. The number of nitrogens with zero attached hydrogens (tertiary/aromatic N) is 3. The highest BCUT2D eigenvalue weighted by Crippen LogP contribution is 2.34. The summed E-state index contributed by atoms with van der Waals surface area (Å²) in [4.78, 5) is 16.0. The first-order valence-corrected chi connectivity index (χ1v) is 9.23. The molecule has 0 unspecified atom stereocenters. The van der Waals surface area contributed by atoms with Crippen LogP contribution >= 0.6 is 23.4 Å². The van der Waals surface area contributed by atoms with E-state index in [1.807, 2.05) is 0 Å². The summed E-state index contributed by atoms with van der Waals surface area (Å²) in [6.45, 7) is 0. The van der Waals surface area contributed by atoms with Gasteiger partial charge >= 0.3 is 6.18 Å². The summed E-state index contributed by atoms with van der Waals surface area (Å²) in [5.41, 5.74) is 0.529. The summed E-state index contributed by atoms with van der Waals surface area (Å²) in [5.74, 6) is -0.568. The third kappa shape index (κ3) is 5.20. The zero-order valence-corrected chi connectivity index (χ0v) is 15.6. The number of pyridine rings is 1. The zero-order valence-electron chi connectivity index (χ0n) is 14.1. The lowest BCUT2D eigenvalue weighted by atomic mass is 10.2. The minimum absolute atomic E-state index is 0.0212. The molecule has 1 amide bonds. The number of hydrogen-bond acceptors (Lipinski definition) is 5. The Morgan fingerprint density at radius 3 is 2.46 bits per heavy atom. The van der Waals surface area contributed by atoms with Crippen LogP contribution in [-0.2, 0) is 11.0 Å². The molecule has 10 heteroatoms. The van der Waals surface area contributed by atoms with Crippen LogP contribution in [-0.4, -0.2) is 26.8 Å². The standard InChI is InChI=1S/C18H12ClF3N4OS/c19-13-2-1-12(18(20,21)22)9-15(13)24-16(27)10-28-17-4-3-14(25-26-17)11-5-7-23-8-6-11/h1-9H,10H2,(H,24,27). The van der Waals surface area contributed by atoms with Crippen LogP contribution in [0.25, 0.3) is 11.3 Å². The first-order chi connectivity index (χ1) is 13.3. The van der Waals surface area contributed by atoms with Crippen molar-refractivity contribution in [3.8, 4) is 11.3 Å². The Labute approximate surface area is 167 Å². The highest BCUT2D eigenvalue weighted by molar-refractivity contribution is 7.99. The van der Waals surface area contributed by atoms with Gasteiger partial charge in [-0.25, -0.2) is 0 Å². The van der Waals surface area contributed by atoms with Crippen molar-refractivity contribution in [2.75, 3.05) is 11.1 Å². The van der Waals surface area contributed by atoms with Gasteiger partial charge in [-0.1, -0.05) is 23.4 Å². The number of aromatic nitrogens is 3. The van der Waals surface area contributed by atoms with Crippen LogP contribution in [0, 0.1) is 0 Å². The average Bonchev–Trinajstić information content (AvgIpc) is 2.68. The molecule has 0 saturated heterocycles. The molecule has 0 spiro atoms. The molecular weight excluding hydrogens is 413 g/mol. The molecule has 2 heterocycles. The average molecular weight is 425 g/mol. The maximum Gasteiger partial charge on any atom is 0.416 e. The predicted molar refractivity (Wildman–Crippen MR) is 101 cm³/mol. The topological polar surface area (TPSA) is 67.8 Å². The van der Waals surface area contributed by atoms with Gasteiger partial charge < -0.3 is 5.32 Å². The van der Waals surface area contributed by atoms with Crippen LogP contribution in [0.15, 0.2) is 59.9 Å². The molecule has 3 rings (SSSR count). The molecular formula is C18H12ClF3N4OS. The van der Waals surface area contributed by atoms with Crippen molar-refractivity contribution in [3.63, 3.8) is 0 Å². The van der Waals surface area contributed by atoms with Gasteiger partial charge in [-0.15, -0.1) is 10.2 Å². The second kappa shape index (κ2) is 8.57. The number of carbonyl (C=O) groups excluding carboxylic acids is 1. The summed E-state index contributed by atoms with van der Waals surface area (Å²) in [6.07, 6.45) is -1.24. The van der Waals surface area contributed by atoms with Crippen molar-refractivity contribution in [2.45, 2.75) is 11.2 Å². The Morgan fingerprint density at radius 1 is 1.07 bits per heavy atom. The lowest BCUT2D eigenvalue weighted by molar-refractivity contribution is -0.137. The van der Waals surface area contributed by atoms with Crippen LogP contribution in [0.3, 0.4) is 0 Å². The third-order valence-corrected chi connectivity index (χ3v) is 4.78. The second-order valence-corrected chi connectivity index (χ2v) is 6.92. The molecule has 28 heavy (non-hydrogen) atoms. The van der Waals surface area contributed by atoms with Gasteiger partial charge in [0.15, 0.2) is 0 Å². The third-order valence-electron chi connectivity index (χ3n) is 3.54. The van der Waals surface area contributed by atoms with Gasteiger partial charge in [-0.3, -0.25) is 9.78 Å². The predicted octanol–water partition coefficient (Wildman–Crippen LogP) is 4.94. The number of nitrogens with one attached hydrogen (secondary N) is 1. The number of thioether (sulfide) groups is 1. The molecule has 3 aromatic rings. The van der Waals surface area contributed by atoms with E-state index in [1.54, 1.807) is 36.7 Å². The van der Waals surface area contributed by atoms with E-state index in [-0.39, 0.29) is 16.5 Å². The second-order valence-electron chi connectivity index (χ2n) is 5.52. The quantitative estimate of drug-likeness (QED) is 0.587. The maximum absolute atomic E-state index is 12.8. The lowest BCUT2D eigenvalue weighted by Gasteiger charge is -2.11. The summed E-state index contributed by atoms with van der Waals surface area (Å²) < 4.78 is 38.3. The number of alkyl halides is 3. The number of hydrogen-bond donors (Lipinski definition) is 1. The van der Waals surface area contributed by atoms with E-state index in [0.717, 1.165) is 35.5 Å². The van der Waals surface area contributed by atoms with E-state index in [1.165, 1.54) is 0 Å². The summed E-state index contributed by atoms with van der Waals surface area (Å²) in [5, 5.41) is 11.0. The number of anilines is 1. The van der Waals surface area contributed by atoms with E-state index in [0.29, 0.717) is 10.7 Å². The molecule has 0 fully saturated rings. The molecule has 5 nitrogen and oxygen atoms in total. The Kier molecular flexibility index (Phi) is 6.15. The summed E-state index contributed by atoms with van der Waals surface area (Å²) in [7, 11) is 0. The largest absolute Gasteiger partial charge is 0.416 e. The fraction of sp³-hybridized carbons (Fsp3) is 0.111. The van der Waals surface area contributed by atoms with Gasteiger partial charge in [-0.2, -0.15) is 13.2 Å². The van der Waals surface area contributed by atoms with Crippen molar-refractivity contribution in [3.05, 3.63) is 65.4 Å². The Bertz CT molecular complexity index is 969. The van der Waals surface area contributed by atoms with Gasteiger partial charge in [0.25, 0.3) is 0 Å². The fourth-order valence-electron chi connectivity index (χ4n) is 2.20. The van der Waals surface area contributed by atoms with Crippen molar-refractivity contribution in [1.82, 2.24) is 15.2 Å². The molecule has 144 valence electrons. The highest BCUT2D eigenvalue weighted by atomic mass is 35.5. The monoisotopic (exact) mass is 424 g/mol. The minimum atomic E-state index is -4.52. The van der Waals surface area contributed by atoms with Crippen LogP contribution in [0.5, 0.6) is 0 Å². The molecule has 0 radical (unpaired) electrons. The van der Waals surface area contributed by atoms with Crippen LogP contribution < -0.4 is 5.32 Å². The van der Waals surface area contributed by atoms with Crippen LogP contribution in [0.4, 0.5) is 18.9 Å². The minimum Gasteiger partial charge on any atom is -0.324 e. The van der Waals surface area contributed by atoms with Gasteiger partial charge in [0.1, 0.15) is 5.03 Å². The highest BCUT2D eigenvalue weighted by Gasteiger charge is 2.31. The van der Waals surface area contributed by atoms with E-state index in [2.05, 4.69) is 20.5 Å². The molecule has 0 saturated carbocycles. The Hall–Kier alpha value is -2.65. The van der Waals surface area contributed by atoms with Crippen molar-refractivity contribution in [1.29, 1.82) is 0 Å². The SMILES string of the molecule is O=C(CSc1ccc(-c2ccncc2)nn1)Nc1cc(C(F)(F)F)ccc1Cl. The molecule has 2 aromatic heterocycles. The Morgan fingerprint density at radius 2 is 1.82 bits per heavy atom. The number of halogens is 4.